The molecule has 0 aliphatic carbocycles. The number of non-ortho nitro benzene ring substituents is 1. The van der Waals surface area contributed by atoms with E-state index in [1.165, 1.54) is 36.4 Å². The predicted octanol–water partition coefficient (Wildman–Crippen LogP) is 2.21. The second-order valence-corrected chi connectivity index (χ2v) is 8.00. The number of carbonyl (C=O) groups excluding carboxylic acids is 3. The van der Waals surface area contributed by atoms with Crippen LogP contribution in [0.3, 0.4) is 0 Å². The Morgan fingerprint density at radius 1 is 1.03 bits per heavy atom. The number of fused-ring (bicyclic) bond motifs is 1. The van der Waals surface area contributed by atoms with Gasteiger partial charge in [-0.3, -0.25) is 29.4 Å². The Morgan fingerprint density at radius 2 is 1.53 bits per heavy atom. The smallest absolute Gasteiger partial charge is 0.269 e. The molecule has 9 nitrogen and oxygen atoms in total. The van der Waals surface area contributed by atoms with Crippen LogP contribution in [0.1, 0.15) is 53.2 Å². The molecule has 1 aliphatic heterocycles. The Balaban J connectivity index is 2.03. The number of aliphatic hydroxyl groups is 1. The van der Waals surface area contributed by atoms with Crippen molar-refractivity contribution in [1.82, 2.24) is 10.2 Å². The molecule has 0 unspecified atom stereocenters. The van der Waals surface area contributed by atoms with Gasteiger partial charge >= 0.3 is 0 Å². The highest BCUT2D eigenvalue weighted by atomic mass is 16.6. The standard InChI is InChI=1S/C21H21N3O6/c1-21(2,3)22-18(26)16(17(25)12-8-10-13(11-9-12)24(29)30)23-19(27)14-6-4-5-7-15(14)20(23)28/h4-11,16-17,25H,1-3H3,(H,22,26)/t16-,17+/m0/s1. The molecule has 0 saturated carbocycles. The van der Waals surface area contributed by atoms with Crippen LogP contribution in [0.4, 0.5) is 5.69 Å². The number of aliphatic hydroxyl groups excluding tert-OH is 1. The monoisotopic (exact) mass is 411 g/mol. The summed E-state index contributed by atoms with van der Waals surface area (Å²) >= 11 is 0. The maximum atomic E-state index is 13.1. The van der Waals surface area contributed by atoms with Gasteiger partial charge in [-0.05, 0) is 50.6 Å². The molecule has 2 aromatic rings. The lowest BCUT2D eigenvalue weighted by Gasteiger charge is -2.32. The summed E-state index contributed by atoms with van der Waals surface area (Å²) in [6.45, 7) is 5.17. The van der Waals surface area contributed by atoms with Crippen LogP contribution in [0.2, 0.25) is 0 Å². The van der Waals surface area contributed by atoms with Crippen LogP contribution in [-0.2, 0) is 4.79 Å². The van der Waals surface area contributed by atoms with Crippen molar-refractivity contribution in [3.05, 3.63) is 75.3 Å². The Bertz CT molecular complexity index is 991. The number of rotatable bonds is 5. The highest BCUT2D eigenvalue weighted by Crippen LogP contribution is 2.31. The van der Waals surface area contributed by atoms with Crippen molar-refractivity contribution in [2.24, 2.45) is 0 Å². The number of benzene rings is 2. The minimum absolute atomic E-state index is 0.145. The lowest BCUT2D eigenvalue weighted by Crippen LogP contribution is -2.56. The van der Waals surface area contributed by atoms with Gasteiger partial charge in [0, 0.05) is 17.7 Å². The average Bonchev–Trinajstić information content (AvgIpc) is 2.92. The fourth-order valence-corrected chi connectivity index (χ4v) is 3.28. The summed E-state index contributed by atoms with van der Waals surface area (Å²) in [6.07, 6.45) is -1.59. The van der Waals surface area contributed by atoms with Crippen LogP contribution < -0.4 is 5.32 Å². The Kier molecular flexibility index (Phi) is 5.41. The molecule has 1 aliphatic rings. The number of nitro groups is 1. The molecular formula is C21H21N3O6. The molecule has 0 bridgehead atoms. The van der Waals surface area contributed by atoms with Gasteiger partial charge in [0.2, 0.25) is 5.91 Å². The molecule has 1 heterocycles. The first-order valence-electron chi connectivity index (χ1n) is 9.22. The van der Waals surface area contributed by atoms with Crippen LogP contribution in [-0.4, -0.2) is 44.2 Å². The van der Waals surface area contributed by atoms with Crippen LogP contribution in [0.15, 0.2) is 48.5 Å². The second kappa shape index (κ2) is 7.68. The lowest BCUT2D eigenvalue weighted by molar-refractivity contribution is -0.384. The van der Waals surface area contributed by atoms with E-state index >= 15 is 0 Å². The quantitative estimate of drug-likeness (QED) is 0.441. The SMILES string of the molecule is CC(C)(C)NC(=O)[C@H]([C@H](O)c1ccc([N+](=O)[O-])cc1)N1C(=O)c2ccccc2C1=O. The normalized spacial score (nSPS) is 15.5. The van der Waals surface area contributed by atoms with Gasteiger partial charge in [-0.15, -0.1) is 0 Å². The number of nitrogens with zero attached hydrogens (tertiary/aromatic N) is 2. The molecule has 2 aromatic carbocycles. The summed E-state index contributed by atoms with van der Waals surface area (Å²) in [4.78, 5) is 49.9. The third-order valence-corrected chi connectivity index (χ3v) is 4.61. The fraction of sp³-hybridized carbons (Fsp3) is 0.286. The van der Waals surface area contributed by atoms with E-state index in [2.05, 4.69) is 5.32 Å². The van der Waals surface area contributed by atoms with Crippen LogP contribution >= 0.6 is 0 Å². The van der Waals surface area contributed by atoms with Gasteiger partial charge in [-0.25, -0.2) is 0 Å². The number of hydrogen-bond donors (Lipinski definition) is 2. The van der Waals surface area contributed by atoms with Crippen molar-refractivity contribution in [3.63, 3.8) is 0 Å². The summed E-state index contributed by atoms with van der Waals surface area (Å²) in [5, 5.41) is 24.5. The number of amides is 3. The molecular weight excluding hydrogens is 390 g/mol. The Hall–Kier alpha value is -3.59. The predicted molar refractivity (Wildman–Crippen MR) is 107 cm³/mol. The summed E-state index contributed by atoms with van der Waals surface area (Å²) < 4.78 is 0. The summed E-state index contributed by atoms with van der Waals surface area (Å²) in [7, 11) is 0. The first-order valence-corrected chi connectivity index (χ1v) is 9.22. The summed E-state index contributed by atoms with van der Waals surface area (Å²) in [5.74, 6) is -2.10. The van der Waals surface area contributed by atoms with Crippen LogP contribution in [0, 0.1) is 10.1 Å². The zero-order valence-corrected chi connectivity index (χ0v) is 16.7. The molecule has 2 N–H and O–H groups in total. The van der Waals surface area contributed by atoms with Gasteiger partial charge in [0.25, 0.3) is 17.5 Å². The number of nitrogens with one attached hydrogen (secondary N) is 1. The molecule has 0 saturated heterocycles. The first kappa shape index (κ1) is 21.1. The number of carbonyl (C=O) groups is 3. The van der Waals surface area contributed by atoms with Crippen LogP contribution in [0.25, 0.3) is 0 Å². The van der Waals surface area contributed by atoms with Gasteiger partial charge in [0.1, 0.15) is 12.1 Å². The molecule has 9 heteroatoms. The highest BCUT2D eigenvalue weighted by Gasteiger charge is 2.46. The van der Waals surface area contributed by atoms with E-state index in [0.717, 1.165) is 4.90 Å². The molecule has 2 atom stereocenters. The van der Waals surface area contributed by atoms with Crippen molar-refractivity contribution in [3.8, 4) is 0 Å². The minimum atomic E-state index is -1.59. The van der Waals surface area contributed by atoms with Gasteiger partial charge in [-0.2, -0.15) is 0 Å². The number of hydrogen-bond acceptors (Lipinski definition) is 6. The fourth-order valence-electron chi connectivity index (χ4n) is 3.28. The van der Waals surface area contributed by atoms with E-state index in [-0.39, 0.29) is 22.4 Å². The molecule has 3 rings (SSSR count). The zero-order chi connectivity index (χ0) is 22.2. The van der Waals surface area contributed by atoms with Crippen molar-refractivity contribution in [2.75, 3.05) is 0 Å². The largest absolute Gasteiger partial charge is 0.386 e. The van der Waals surface area contributed by atoms with E-state index < -0.39 is 40.3 Å². The summed E-state index contributed by atoms with van der Waals surface area (Å²) in [5.41, 5.74) is -0.434. The second-order valence-electron chi connectivity index (χ2n) is 8.00. The zero-order valence-electron chi connectivity index (χ0n) is 16.7. The Labute approximate surface area is 172 Å². The number of nitro benzene ring substituents is 1. The third-order valence-electron chi connectivity index (χ3n) is 4.61. The van der Waals surface area contributed by atoms with E-state index in [1.54, 1.807) is 32.9 Å². The third kappa shape index (κ3) is 3.92. The maximum absolute atomic E-state index is 13.1. The molecule has 0 aromatic heterocycles. The Morgan fingerprint density at radius 3 is 1.97 bits per heavy atom. The van der Waals surface area contributed by atoms with Gasteiger partial charge in [-0.1, -0.05) is 12.1 Å². The average molecular weight is 411 g/mol. The van der Waals surface area contributed by atoms with Gasteiger partial charge in [0.15, 0.2) is 0 Å². The van der Waals surface area contributed by atoms with E-state index in [1.807, 2.05) is 0 Å². The molecule has 0 spiro atoms. The minimum Gasteiger partial charge on any atom is -0.386 e. The first-order chi connectivity index (χ1) is 14.0. The van der Waals surface area contributed by atoms with E-state index in [4.69, 9.17) is 0 Å². The number of imide groups is 1. The summed E-state index contributed by atoms with van der Waals surface area (Å²) in [6, 6.07) is 9.54. The van der Waals surface area contributed by atoms with E-state index in [0.29, 0.717) is 0 Å². The van der Waals surface area contributed by atoms with Crippen LogP contribution in [0.5, 0.6) is 0 Å². The highest BCUT2D eigenvalue weighted by molar-refractivity contribution is 6.23. The lowest BCUT2D eigenvalue weighted by atomic mass is 9.98. The van der Waals surface area contributed by atoms with Gasteiger partial charge in [0.05, 0.1) is 16.1 Å². The van der Waals surface area contributed by atoms with Crippen molar-refractivity contribution in [2.45, 2.75) is 38.5 Å². The molecule has 30 heavy (non-hydrogen) atoms. The topological polar surface area (TPSA) is 130 Å². The van der Waals surface area contributed by atoms with Crippen molar-refractivity contribution < 1.29 is 24.4 Å². The maximum Gasteiger partial charge on any atom is 0.269 e. The molecule has 0 fully saturated rings. The van der Waals surface area contributed by atoms with E-state index in [9.17, 15) is 29.6 Å². The molecule has 156 valence electrons. The van der Waals surface area contributed by atoms with Gasteiger partial charge < -0.3 is 10.4 Å². The van der Waals surface area contributed by atoms with Crippen molar-refractivity contribution in [1.29, 1.82) is 0 Å². The molecule has 3 amide bonds. The van der Waals surface area contributed by atoms with Crippen molar-refractivity contribution >= 4 is 23.4 Å². The molecule has 0 radical (unpaired) electrons.